The molecule has 1 aliphatic carbocycles. The van der Waals surface area contributed by atoms with Crippen molar-refractivity contribution in [3.05, 3.63) is 0 Å². The average Bonchev–Trinajstić information content (AvgIpc) is 2.23. The lowest BCUT2D eigenvalue weighted by Crippen LogP contribution is -2.49. The summed E-state index contributed by atoms with van der Waals surface area (Å²) < 4.78 is 10.8. The van der Waals surface area contributed by atoms with Crippen LogP contribution in [0.4, 0.5) is 0 Å². The maximum atomic E-state index is 5.73. The fraction of sp³-hybridized carbons (Fsp3) is 1.00. The molecule has 1 unspecified atom stereocenters. The van der Waals surface area contributed by atoms with E-state index in [0.717, 1.165) is 38.8 Å². The zero-order valence-electron chi connectivity index (χ0n) is 10.5. The first-order valence-electron chi connectivity index (χ1n) is 6.65. The fourth-order valence-corrected chi connectivity index (χ4v) is 3.01. The molecule has 0 aromatic rings. The van der Waals surface area contributed by atoms with Crippen molar-refractivity contribution in [3.63, 3.8) is 0 Å². The van der Waals surface area contributed by atoms with E-state index >= 15 is 0 Å². The molecule has 1 N–H and O–H groups in total. The summed E-state index contributed by atoms with van der Waals surface area (Å²) in [7, 11) is 1.76. The standard InChI is InChI=1S/C13H25NO2/c1-15-9-7-14-10-13(12-4-2-5-12)6-3-8-16-11-13/h12,14H,2-11H2,1H3. The van der Waals surface area contributed by atoms with Gasteiger partial charge in [-0.15, -0.1) is 0 Å². The van der Waals surface area contributed by atoms with E-state index < -0.39 is 0 Å². The summed E-state index contributed by atoms with van der Waals surface area (Å²) in [5.41, 5.74) is 0.435. The van der Waals surface area contributed by atoms with Gasteiger partial charge in [-0.1, -0.05) is 6.42 Å². The number of rotatable bonds is 6. The number of hydrogen-bond donors (Lipinski definition) is 1. The summed E-state index contributed by atoms with van der Waals surface area (Å²) in [5.74, 6) is 0.905. The van der Waals surface area contributed by atoms with E-state index in [1.165, 1.54) is 32.1 Å². The van der Waals surface area contributed by atoms with E-state index in [-0.39, 0.29) is 0 Å². The summed E-state index contributed by atoms with van der Waals surface area (Å²) in [6.45, 7) is 4.82. The van der Waals surface area contributed by atoms with Crippen LogP contribution in [0.2, 0.25) is 0 Å². The van der Waals surface area contributed by atoms with E-state index in [1.54, 1.807) is 7.11 Å². The van der Waals surface area contributed by atoms with Crippen LogP contribution in [-0.2, 0) is 9.47 Å². The van der Waals surface area contributed by atoms with Gasteiger partial charge in [0.2, 0.25) is 0 Å². The Morgan fingerprint density at radius 1 is 1.38 bits per heavy atom. The third-order valence-electron chi connectivity index (χ3n) is 4.28. The summed E-state index contributed by atoms with van der Waals surface area (Å²) in [5, 5.41) is 3.54. The quantitative estimate of drug-likeness (QED) is 0.702. The van der Waals surface area contributed by atoms with Gasteiger partial charge >= 0.3 is 0 Å². The maximum absolute atomic E-state index is 5.73. The molecule has 0 bridgehead atoms. The zero-order valence-corrected chi connectivity index (χ0v) is 10.5. The lowest BCUT2D eigenvalue weighted by Gasteiger charge is -2.47. The Bertz CT molecular complexity index is 198. The first kappa shape index (κ1) is 12.3. The van der Waals surface area contributed by atoms with Crippen LogP contribution in [0.5, 0.6) is 0 Å². The molecule has 0 spiro atoms. The molecule has 2 rings (SSSR count). The Morgan fingerprint density at radius 3 is 2.81 bits per heavy atom. The highest BCUT2D eigenvalue weighted by atomic mass is 16.5. The van der Waals surface area contributed by atoms with Crippen LogP contribution in [0.3, 0.4) is 0 Å². The van der Waals surface area contributed by atoms with Crippen molar-refractivity contribution in [3.8, 4) is 0 Å². The minimum absolute atomic E-state index is 0.435. The largest absolute Gasteiger partial charge is 0.383 e. The highest BCUT2D eigenvalue weighted by molar-refractivity contribution is 4.93. The predicted octanol–water partition coefficient (Wildman–Crippen LogP) is 1.82. The molecular weight excluding hydrogens is 202 g/mol. The second kappa shape index (κ2) is 5.99. The van der Waals surface area contributed by atoms with E-state index in [9.17, 15) is 0 Å². The third-order valence-corrected chi connectivity index (χ3v) is 4.28. The predicted molar refractivity (Wildman–Crippen MR) is 64.6 cm³/mol. The Labute approximate surface area is 98.9 Å². The lowest BCUT2D eigenvalue weighted by atomic mass is 9.63. The van der Waals surface area contributed by atoms with Crippen LogP contribution >= 0.6 is 0 Å². The molecule has 94 valence electrons. The molecule has 16 heavy (non-hydrogen) atoms. The molecule has 1 saturated carbocycles. The van der Waals surface area contributed by atoms with Gasteiger partial charge in [-0.05, 0) is 31.6 Å². The molecule has 0 amide bonds. The van der Waals surface area contributed by atoms with Crippen molar-refractivity contribution in [1.82, 2.24) is 5.32 Å². The minimum Gasteiger partial charge on any atom is -0.383 e. The van der Waals surface area contributed by atoms with Gasteiger partial charge in [0.15, 0.2) is 0 Å². The van der Waals surface area contributed by atoms with E-state index in [0.29, 0.717) is 5.41 Å². The molecule has 1 heterocycles. The monoisotopic (exact) mass is 227 g/mol. The van der Waals surface area contributed by atoms with Crippen LogP contribution in [0, 0.1) is 11.3 Å². The Hall–Kier alpha value is -0.120. The lowest BCUT2D eigenvalue weighted by molar-refractivity contribution is -0.0631. The van der Waals surface area contributed by atoms with Crippen LogP contribution < -0.4 is 5.32 Å². The summed E-state index contributed by atoms with van der Waals surface area (Å²) in [6.07, 6.45) is 6.83. The van der Waals surface area contributed by atoms with Crippen LogP contribution in [0.15, 0.2) is 0 Å². The van der Waals surface area contributed by atoms with Crippen molar-refractivity contribution < 1.29 is 9.47 Å². The first-order valence-corrected chi connectivity index (χ1v) is 6.65. The van der Waals surface area contributed by atoms with Gasteiger partial charge in [-0.25, -0.2) is 0 Å². The van der Waals surface area contributed by atoms with Crippen molar-refractivity contribution in [2.24, 2.45) is 11.3 Å². The Kier molecular flexibility index (Phi) is 4.62. The van der Waals surface area contributed by atoms with Crippen molar-refractivity contribution >= 4 is 0 Å². The van der Waals surface area contributed by atoms with Gasteiger partial charge in [0.25, 0.3) is 0 Å². The highest BCUT2D eigenvalue weighted by Crippen LogP contribution is 2.46. The van der Waals surface area contributed by atoms with Gasteiger partial charge in [-0.2, -0.15) is 0 Å². The van der Waals surface area contributed by atoms with Gasteiger partial charge in [0, 0.05) is 32.2 Å². The Morgan fingerprint density at radius 2 is 2.25 bits per heavy atom. The smallest absolute Gasteiger partial charge is 0.0587 e. The van der Waals surface area contributed by atoms with E-state index in [1.807, 2.05) is 0 Å². The molecular formula is C13H25NO2. The molecule has 0 aromatic carbocycles. The Balaban J connectivity index is 1.81. The van der Waals surface area contributed by atoms with Crippen LogP contribution in [0.25, 0.3) is 0 Å². The van der Waals surface area contributed by atoms with E-state index in [4.69, 9.17) is 9.47 Å². The number of ether oxygens (including phenoxy) is 2. The molecule has 0 aromatic heterocycles. The van der Waals surface area contributed by atoms with Crippen molar-refractivity contribution in [2.75, 3.05) is 40.0 Å². The summed E-state index contributed by atoms with van der Waals surface area (Å²) in [6, 6.07) is 0. The third kappa shape index (κ3) is 2.76. The fourth-order valence-electron chi connectivity index (χ4n) is 3.01. The van der Waals surface area contributed by atoms with Gasteiger partial charge < -0.3 is 14.8 Å². The summed E-state index contributed by atoms with van der Waals surface area (Å²) >= 11 is 0. The normalized spacial score (nSPS) is 31.3. The number of nitrogens with one attached hydrogen (secondary N) is 1. The second-order valence-corrected chi connectivity index (χ2v) is 5.32. The van der Waals surface area contributed by atoms with Gasteiger partial charge in [0.1, 0.15) is 0 Å². The second-order valence-electron chi connectivity index (χ2n) is 5.32. The molecule has 2 aliphatic rings. The first-order chi connectivity index (χ1) is 7.87. The maximum Gasteiger partial charge on any atom is 0.0587 e. The molecule has 0 radical (unpaired) electrons. The van der Waals surface area contributed by atoms with Crippen molar-refractivity contribution in [1.29, 1.82) is 0 Å². The van der Waals surface area contributed by atoms with Crippen LogP contribution in [0.1, 0.15) is 32.1 Å². The minimum atomic E-state index is 0.435. The average molecular weight is 227 g/mol. The summed E-state index contributed by atoms with van der Waals surface area (Å²) in [4.78, 5) is 0. The zero-order chi connectivity index (χ0) is 11.3. The highest BCUT2D eigenvalue weighted by Gasteiger charge is 2.42. The van der Waals surface area contributed by atoms with Gasteiger partial charge in [0.05, 0.1) is 13.2 Å². The molecule has 3 heteroatoms. The van der Waals surface area contributed by atoms with Crippen LogP contribution in [-0.4, -0.2) is 40.0 Å². The molecule has 1 saturated heterocycles. The number of hydrogen-bond acceptors (Lipinski definition) is 3. The molecule has 1 atom stereocenters. The van der Waals surface area contributed by atoms with Gasteiger partial charge in [-0.3, -0.25) is 0 Å². The van der Waals surface area contributed by atoms with Crippen molar-refractivity contribution in [2.45, 2.75) is 32.1 Å². The molecule has 2 fully saturated rings. The SMILES string of the molecule is COCCNCC1(C2CCC2)CCCOC1. The molecule has 3 nitrogen and oxygen atoms in total. The topological polar surface area (TPSA) is 30.5 Å². The van der Waals surface area contributed by atoms with E-state index in [2.05, 4.69) is 5.32 Å². The number of methoxy groups -OCH3 is 1. The molecule has 1 aliphatic heterocycles.